The predicted octanol–water partition coefficient (Wildman–Crippen LogP) is 4.09. The summed E-state index contributed by atoms with van der Waals surface area (Å²) >= 11 is 0. The lowest BCUT2D eigenvalue weighted by atomic mass is 9.71. The number of amides is 1. The minimum Gasteiger partial charge on any atom is -0.464 e. The second kappa shape index (κ2) is 7.72. The normalized spacial score (nSPS) is 18.5. The fourth-order valence-electron chi connectivity index (χ4n) is 5.05. The number of pyridine rings is 1. The summed E-state index contributed by atoms with van der Waals surface area (Å²) < 4.78 is 1.13. The first-order valence-corrected chi connectivity index (χ1v) is 10.8. The highest BCUT2D eigenvalue weighted by Gasteiger charge is 2.38. The van der Waals surface area contributed by atoms with Gasteiger partial charge >= 0.3 is 6.09 Å². The number of aromatic nitrogens is 2. The summed E-state index contributed by atoms with van der Waals surface area (Å²) in [7, 11) is 0. The standard InChI is InChI=1S/C24H26N4O3/c29-22(18-1-2-19-16-28(23(30)31)17-20(19)15-18)27-13-7-24(8-14-27)5-11-26(12-6-24)21-3-9-25-10-4-21/h1-4,9-10,15-17H,5-8,11-14H2,(H,30,31). The molecule has 7 heteroatoms. The predicted molar refractivity (Wildman–Crippen MR) is 119 cm³/mol. The van der Waals surface area contributed by atoms with Crippen molar-refractivity contribution in [2.45, 2.75) is 25.7 Å². The van der Waals surface area contributed by atoms with Gasteiger partial charge in [0.2, 0.25) is 0 Å². The Morgan fingerprint density at radius 1 is 0.871 bits per heavy atom. The van der Waals surface area contributed by atoms with E-state index < -0.39 is 6.09 Å². The van der Waals surface area contributed by atoms with Crippen molar-refractivity contribution in [3.63, 3.8) is 0 Å². The summed E-state index contributed by atoms with van der Waals surface area (Å²) in [5.41, 5.74) is 2.20. The molecular formula is C24H26N4O3. The fourth-order valence-corrected chi connectivity index (χ4v) is 5.05. The van der Waals surface area contributed by atoms with Crippen LogP contribution < -0.4 is 4.90 Å². The van der Waals surface area contributed by atoms with E-state index in [1.54, 1.807) is 24.5 Å². The molecule has 7 nitrogen and oxygen atoms in total. The third-order valence-electron chi connectivity index (χ3n) is 7.07. The van der Waals surface area contributed by atoms with Gasteiger partial charge in [-0.3, -0.25) is 14.3 Å². The molecule has 1 amide bonds. The molecular weight excluding hydrogens is 392 g/mol. The third-order valence-corrected chi connectivity index (χ3v) is 7.07. The van der Waals surface area contributed by atoms with Gasteiger partial charge in [0.1, 0.15) is 0 Å². The molecule has 160 valence electrons. The summed E-state index contributed by atoms with van der Waals surface area (Å²) in [6.45, 7) is 3.66. The zero-order valence-electron chi connectivity index (χ0n) is 17.4. The molecule has 0 aliphatic carbocycles. The maximum Gasteiger partial charge on any atom is 0.415 e. The lowest BCUT2D eigenvalue weighted by Crippen LogP contribution is -2.48. The first kappa shape index (κ1) is 19.6. The van der Waals surface area contributed by atoms with Gasteiger partial charge in [-0.25, -0.2) is 4.79 Å². The van der Waals surface area contributed by atoms with Crippen LogP contribution in [-0.4, -0.2) is 57.7 Å². The molecule has 1 spiro atoms. The van der Waals surface area contributed by atoms with Crippen molar-refractivity contribution >= 4 is 28.5 Å². The first-order valence-electron chi connectivity index (χ1n) is 10.8. The van der Waals surface area contributed by atoms with E-state index in [1.807, 2.05) is 23.4 Å². The van der Waals surface area contributed by atoms with Crippen molar-refractivity contribution in [2.24, 2.45) is 5.41 Å². The first-order chi connectivity index (χ1) is 15.0. The number of nitrogens with zero attached hydrogens (tertiary/aromatic N) is 4. The third kappa shape index (κ3) is 3.76. The van der Waals surface area contributed by atoms with Gasteiger partial charge in [-0.05, 0) is 55.4 Å². The number of rotatable bonds is 2. The Kier molecular flexibility index (Phi) is 4.88. The Bertz CT molecular complexity index is 1110. The lowest BCUT2D eigenvalue weighted by molar-refractivity contribution is 0.0515. The molecule has 4 heterocycles. The van der Waals surface area contributed by atoms with Gasteiger partial charge < -0.3 is 14.9 Å². The molecule has 1 N–H and O–H groups in total. The molecule has 1 aromatic carbocycles. The van der Waals surface area contributed by atoms with E-state index in [1.165, 1.54) is 5.69 Å². The van der Waals surface area contributed by atoms with Gasteiger partial charge in [0.25, 0.3) is 5.91 Å². The summed E-state index contributed by atoms with van der Waals surface area (Å²) in [6.07, 6.45) is 10.2. The summed E-state index contributed by atoms with van der Waals surface area (Å²) in [5, 5.41) is 10.7. The number of piperidine rings is 2. The van der Waals surface area contributed by atoms with Crippen molar-refractivity contribution in [1.82, 2.24) is 14.5 Å². The van der Waals surface area contributed by atoms with Crippen LogP contribution in [0.3, 0.4) is 0 Å². The van der Waals surface area contributed by atoms with Crippen molar-refractivity contribution in [2.75, 3.05) is 31.1 Å². The lowest BCUT2D eigenvalue weighted by Gasteiger charge is -2.47. The van der Waals surface area contributed by atoms with Gasteiger partial charge in [0, 0.05) is 73.0 Å². The average molecular weight is 418 g/mol. The second-order valence-electron chi connectivity index (χ2n) is 8.78. The number of fused-ring (bicyclic) bond motifs is 1. The van der Waals surface area contributed by atoms with E-state index in [0.717, 1.165) is 67.2 Å². The number of benzene rings is 1. The maximum atomic E-state index is 13.1. The van der Waals surface area contributed by atoms with Gasteiger partial charge in [0.15, 0.2) is 0 Å². The van der Waals surface area contributed by atoms with E-state index >= 15 is 0 Å². The number of carbonyl (C=O) groups is 2. The topological polar surface area (TPSA) is 78.7 Å². The van der Waals surface area contributed by atoms with Crippen molar-refractivity contribution in [1.29, 1.82) is 0 Å². The quantitative estimate of drug-likeness (QED) is 0.678. The molecule has 3 aromatic rings. The molecule has 2 saturated heterocycles. The molecule has 0 unspecified atom stereocenters. The van der Waals surface area contributed by atoms with Crippen molar-refractivity contribution in [3.05, 3.63) is 60.7 Å². The number of likely N-dealkylation sites (tertiary alicyclic amines) is 1. The van der Waals surface area contributed by atoms with Crippen LogP contribution in [-0.2, 0) is 0 Å². The Morgan fingerprint density at radius 3 is 2.19 bits per heavy atom. The Balaban J connectivity index is 1.22. The van der Waals surface area contributed by atoms with E-state index in [9.17, 15) is 9.59 Å². The number of carboxylic acid groups (broad SMARTS) is 1. The minimum atomic E-state index is -1.03. The van der Waals surface area contributed by atoms with Gasteiger partial charge in [-0.2, -0.15) is 0 Å². The number of anilines is 1. The summed E-state index contributed by atoms with van der Waals surface area (Å²) in [4.78, 5) is 32.7. The molecule has 31 heavy (non-hydrogen) atoms. The van der Waals surface area contributed by atoms with Crippen LogP contribution in [0, 0.1) is 5.41 Å². The number of hydrogen-bond acceptors (Lipinski definition) is 4. The molecule has 2 fully saturated rings. The van der Waals surface area contributed by atoms with Crippen LogP contribution in [0.4, 0.5) is 10.5 Å². The van der Waals surface area contributed by atoms with Crippen LogP contribution in [0.25, 0.3) is 10.8 Å². The van der Waals surface area contributed by atoms with E-state index in [0.29, 0.717) is 11.0 Å². The molecule has 0 bridgehead atoms. The molecule has 5 rings (SSSR count). The summed E-state index contributed by atoms with van der Waals surface area (Å²) in [6, 6.07) is 9.56. The zero-order valence-corrected chi connectivity index (χ0v) is 17.4. The SMILES string of the molecule is O=C(c1ccc2cn(C(=O)O)cc2c1)N1CCC2(CC1)CCN(c1ccncc1)CC2. The van der Waals surface area contributed by atoms with Crippen LogP contribution in [0.2, 0.25) is 0 Å². The highest BCUT2D eigenvalue weighted by atomic mass is 16.4. The molecule has 2 aliphatic heterocycles. The monoisotopic (exact) mass is 418 g/mol. The second-order valence-corrected chi connectivity index (χ2v) is 8.78. The van der Waals surface area contributed by atoms with Crippen molar-refractivity contribution in [3.8, 4) is 0 Å². The molecule has 0 atom stereocenters. The Morgan fingerprint density at radius 2 is 1.52 bits per heavy atom. The fraction of sp³-hybridized carbons (Fsp3) is 0.375. The number of hydrogen-bond donors (Lipinski definition) is 1. The molecule has 2 aromatic heterocycles. The minimum absolute atomic E-state index is 0.0362. The largest absolute Gasteiger partial charge is 0.464 e. The Labute approximate surface area is 180 Å². The van der Waals surface area contributed by atoms with Gasteiger partial charge in [-0.15, -0.1) is 0 Å². The van der Waals surface area contributed by atoms with Gasteiger partial charge in [0.05, 0.1) is 0 Å². The molecule has 2 aliphatic rings. The highest BCUT2D eigenvalue weighted by molar-refractivity contribution is 5.99. The zero-order chi connectivity index (χ0) is 21.4. The van der Waals surface area contributed by atoms with E-state index in [2.05, 4.69) is 22.0 Å². The highest BCUT2D eigenvalue weighted by Crippen LogP contribution is 2.42. The average Bonchev–Trinajstić information content (AvgIpc) is 3.24. The van der Waals surface area contributed by atoms with Gasteiger partial charge in [-0.1, -0.05) is 6.07 Å². The smallest absolute Gasteiger partial charge is 0.415 e. The maximum absolute atomic E-state index is 13.1. The van der Waals surface area contributed by atoms with E-state index in [4.69, 9.17) is 5.11 Å². The van der Waals surface area contributed by atoms with E-state index in [-0.39, 0.29) is 5.91 Å². The Hall–Kier alpha value is -3.35. The van der Waals surface area contributed by atoms with Crippen LogP contribution in [0.1, 0.15) is 36.0 Å². The number of carbonyl (C=O) groups excluding carboxylic acids is 1. The molecule has 0 radical (unpaired) electrons. The van der Waals surface area contributed by atoms with Crippen LogP contribution >= 0.6 is 0 Å². The van der Waals surface area contributed by atoms with Crippen LogP contribution in [0.15, 0.2) is 55.1 Å². The molecule has 0 saturated carbocycles. The summed E-state index contributed by atoms with van der Waals surface area (Å²) in [5.74, 6) is 0.0362. The van der Waals surface area contributed by atoms with Crippen LogP contribution in [0.5, 0.6) is 0 Å². The van der Waals surface area contributed by atoms with Crippen molar-refractivity contribution < 1.29 is 14.7 Å².